The second-order valence-corrected chi connectivity index (χ2v) is 13.7. The summed E-state index contributed by atoms with van der Waals surface area (Å²) in [7, 11) is 0. The van der Waals surface area contributed by atoms with E-state index in [1.807, 2.05) is 36.4 Å². The van der Waals surface area contributed by atoms with Crippen LogP contribution in [0.2, 0.25) is 0 Å². The number of hydrogen-bond acceptors (Lipinski definition) is 4. The van der Waals surface area contributed by atoms with E-state index in [1.54, 1.807) is 0 Å². The van der Waals surface area contributed by atoms with E-state index in [-0.39, 0.29) is 0 Å². The first-order chi connectivity index (χ1) is 26.8. The summed E-state index contributed by atoms with van der Waals surface area (Å²) >= 11 is 0. The molecule has 2 heterocycles. The highest BCUT2D eigenvalue weighted by atomic mass is 15.0. The Hall–Kier alpha value is -7.30. The van der Waals surface area contributed by atoms with Crippen molar-refractivity contribution in [3.63, 3.8) is 0 Å². The summed E-state index contributed by atoms with van der Waals surface area (Å²) in [6, 6.07) is 63.8. The van der Waals surface area contributed by atoms with E-state index >= 15 is 0 Å². The Balaban J connectivity index is 1.29. The van der Waals surface area contributed by atoms with Crippen molar-refractivity contribution < 1.29 is 0 Å². The lowest BCUT2D eigenvalue weighted by atomic mass is 9.87. The van der Waals surface area contributed by atoms with Crippen molar-refractivity contribution in [1.29, 1.82) is 0 Å². The smallest absolute Gasteiger partial charge is 0.165 e. The van der Waals surface area contributed by atoms with Crippen molar-refractivity contribution in [3.05, 3.63) is 182 Å². The van der Waals surface area contributed by atoms with E-state index < -0.39 is 0 Å². The van der Waals surface area contributed by atoms with Gasteiger partial charge in [0.25, 0.3) is 0 Å². The molecule has 0 saturated carbocycles. The van der Waals surface area contributed by atoms with Gasteiger partial charge in [0.2, 0.25) is 0 Å². The summed E-state index contributed by atoms with van der Waals surface area (Å²) < 4.78 is 0. The Bertz CT molecular complexity index is 3150. The number of nitrogens with zero attached hydrogens (tertiary/aromatic N) is 4. The number of fused-ring (bicyclic) bond motifs is 9. The van der Waals surface area contributed by atoms with Crippen LogP contribution in [-0.2, 0) is 0 Å². The molecule has 4 nitrogen and oxygen atoms in total. The SMILES string of the molecule is c1ccc(-c2nc(-c3ccccc3)nc(-c3c4ccccc4c(-c4nc5c6ccccc6ccc5c5c4ccc4ccccc45)c4ccccc34)n2)cc1. The zero-order chi connectivity index (χ0) is 35.6. The van der Waals surface area contributed by atoms with Crippen molar-refractivity contribution in [2.24, 2.45) is 0 Å². The molecule has 4 heteroatoms. The summed E-state index contributed by atoms with van der Waals surface area (Å²) in [5.41, 5.74) is 5.92. The molecule has 2 aromatic heterocycles. The Morgan fingerprint density at radius 3 is 1.26 bits per heavy atom. The molecule has 0 bridgehead atoms. The molecule has 11 aromatic rings. The van der Waals surface area contributed by atoms with E-state index in [1.165, 1.54) is 21.5 Å². The Morgan fingerprint density at radius 1 is 0.259 bits per heavy atom. The molecular formula is C50H30N4. The zero-order valence-electron chi connectivity index (χ0n) is 29.1. The first kappa shape index (κ1) is 30.3. The standard InChI is InChI=1S/C50H30N4/c1-3-17-33(18-4-1)48-52-49(34-19-5-2-6-20-34)54-50(53-48)45-39-25-13-11-23-37(39)44(38-24-12-14-26-40(38)45)47-42-30-27-31-15-7-9-21-35(31)43(42)41-29-28-32-16-8-10-22-36(32)46(41)51-47/h1-30H. The lowest BCUT2D eigenvalue weighted by Gasteiger charge is -2.19. The minimum Gasteiger partial charge on any atom is -0.246 e. The van der Waals surface area contributed by atoms with Gasteiger partial charge >= 0.3 is 0 Å². The first-order valence-electron chi connectivity index (χ1n) is 18.2. The van der Waals surface area contributed by atoms with Crippen LogP contribution in [0.5, 0.6) is 0 Å². The Morgan fingerprint density at radius 2 is 0.685 bits per heavy atom. The third-order valence-electron chi connectivity index (χ3n) is 10.7. The Kier molecular flexibility index (Phi) is 6.82. The summed E-state index contributed by atoms with van der Waals surface area (Å²) in [6.07, 6.45) is 0. The second-order valence-electron chi connectivity index (χ2n) is 13.7. The maximum atomic E-state index is 5.68. The van der Waals surface area contributed by atoms with E-state index in [9.17, 15) is 0 Å². The van der Waals surface area contributed by atoms with Gasteiger partial charge in [0, 0.05) is 43.8 Å². The maximum Gasteiger partial charge on any atom is 0.165 e. The molecule has 0 radical (unpaired) electrons. The van der Waals surface area contributed by atoms with Gasteiger partial charge in [-0.2, -0.15) is 0 Å². The molecule has 0 aliphatic heterocycles. The fourth-order valence-corrected chi connectivity index (χ4v) is 8.24. The van der Waals surface area contributed by atoms with Crippen LogP contribution in [0.3, 0.4) is 0 Å². The lowest BCUT2D eigenvalue weighted by Crippen LogP contribution is -2.02. The van der Waals surface area contributed by atoms with Gasteiger partial charge in [0.05, 0.1) is 11.2 Å². The third-order valence-corrected chi connectivity index (χ3v) is 10.7. The molecule has 0 aliphatic carbocycles. The number of aromatic nitrogens is 4. The molecule has 0 amide bonds. The van der Waals surface area contributed by atoms with Crippen molar-refractivity contribution in [2.75, 3.05) is 0 Å². The van der Waals surface area contributed by atoms with Gasteiger partial charge in [-0.05, 0) is 37.7 Å². The fourth-order valence-electron chi connectivity index (χ4n) is 8.24. The lowest BCUT2D eigenvalue weighted by molar-refractivity contribution is 1.08. The number of hydrogen-bond donors (Lipinski definition) is 0. The van der Waals surface area contributed by atoms with Crippen LogP contribution >= 0.6 is 0 Å². The summed E-state index contributed by atoms with van der Waals surface area (Å²) in [4.78, 5) is 21.1. The molecule has 54 heavy (non-hydrogen) atoms. The van der Waals surface area contributed by atoms with Gasteiger partial charge in [-0.1, -0.05) is 182 Å². The fraction of sp³-hybridized carbons (Fsp3) is 0. The van der Waals surface area contributed by atoms with E-state index in [0.717, 1.165) is 71.2 Å². The molecule has 0 unspecified atom stereocenters. The molecule has 9 aromatic carbocycles. The average Bonchev–Trinajstić information content (AvgIpc) is 3.25. The largest absolute Gasteiger partial charge is 0.246 e. The quantitative estimate of drug-likeness (QED) is 0.137. The number of rotatable bonds is 4. The summed E-state index contributed by atoms with van der Waals surface area (Å²) in [5.74, 6) is 1.91. The molecule has 0 saturated heterocycles. The topological polar surface area (TPSA) is 51.6 Å². The second kappa shape index (κ2) is 12.1. The van der Waals surface area contributed by atoms with Crippen LogP contribution in [0, 0.1) is 0 Å². The van der Waals surface area contributed by atoms with Crippen molar-refractivity contribution in [2.45, 2.75) is 0 Å². The monoisotopic (exact) mass is 686 g/mol. The minimum absolute atomic E-state index is 0.634. The highest BCUT2D eigenvalue weighted by Crippen LogP contribution is 2.46. The van der Waals surface area contributed by atoms with Crippen LogP contribution in [0.25, 0.3) is 110 Å². The van der Waals surface area contributed by atoms with Crippen molar-refractivity contribution >= 4 is 64.8 Å². The van der Waals surface area contributed by atoms with Crippen LogP contribution in [0.1, 0.15) is 0 Å². The van der Waals surface area contributed by atoms with Crippen LogP contribution in [0.4, 0.5) is 0 Å². The highest BCUT2D eigenvalue weighted by Gasteiger charge is 2.23. The molecule has 0 N–H and O–H groups in total. The normalized spacial score (nSPS) is 11.7. The molecule has 0 aliphatic rings. The maximum absolute atomic E-state index is 5.68. The number of benzene rings is 9. The Labute approximate surface area is 311 Å². The molecule has 0 fully saturated rings. The summed E-state index contributed by atoms with van der Waals surface area (Å²) in [5, 5.41) is 12.5. The van der Waals surface area contributed by atoms with Gasteiger partial charge in [-0.15, -0.1) is 0 Å². The molecule has 250 valence electrons. The number of pyridine rings is 1. The van der Waals surface area contributed by atoms with Gasteiger partial charge in [-0.25, -0.2) is 19.9 Å². The van der Waals surface area contributed by atoms with E-state index in [2.05, 4.69) is 146 Å². The van der Waals surface area contributed by atoms with Crippen molar-refractivity contribution in [3.8, 4) is 45.4 Å². The predicted molar refractivity (Wildman–Crippen MR) is 224 cm³/mol. The van der Waals surface area contributed by atoms with Gasteiger partial charge in [-0.3, -0.25) is 0 Å². The third kappa shape index (κ3) is 4.70. The van der Waals surface area contributed by atoms with E-state index in [4.69, 9.17) is 19.9 Å². The molecular weight excluding hydrogens is 657 g/mol. The van der Waals surface area contributed by atoms with Gasteiger partial charge < -0.3 is 0 Å². The van der Waals surface area contributed by atoms with E-state index in [0.29, 0.717) is 17.5 Å². The zero-order valence-corrected chi connectivity index (χ0v) is 29.1. The first-order valence-corrected chi connectivity index (χ1v) is 18.2. The predicted octanol–water partition coefficient (Wildman–Crippen LogP) is 12.9. The van der Waals surface area contributed by atoms with Crippen LogP contribution in [-0.4, -0.2) is 19.9 Å². The van der Waals surface area contributed by atoms with Crippen LogP contribution < -0.4 is 0 Å². The molecule has 0 atom stereocenters. The molecule has 11 rings (SSSR count). The minimum atomic E-state index is 0.634. The van der Waals surface area contributed by atoms with Crippen molar-refractivity contribution in [1.82, 2.24) is 19.9 Å². The van der Waals surface area contributed by atoms with Crippen LogP contribution in [0.15, 0.2) is 182 Å². The highest BCUT2D eigenvalue weighted by molar-refractivity contribution is 6.29. The van der Waals surface area contributed by atoms with Gasteiger partial charge in [0.15, 0.2) is 17.5 Å². The summed E-state index contributed by atoms with van der Waals surface area (Å²) in [6.45, 7) is 0. The van der Waals surface area contributed by atoms with Gasteiger partial charge in [0.1, 0.15) is 0 Å². The average molecular weight is 687 g/mol. The molecule has 0 spiro atoms.